The van der Waals surface area contributed by atoms with Gasteiger partial charge in [0.2, 0.25) is 17.5 Å². The third-order valence-corrected chi connectivity index (χ3v) is 28.1. The summed E-state index contributed by atoms with van der Waals surface area (Å²) >= 11 is 12.3. The summed E-state index contributed by atoms with van der Waals surface area (Å²) in [6.45, 7) is 16.6. The molecular weight excluding hydrogens is 1560 g/mol. The van der Waals surface area contributed by atoms with E-state index in [-0.39, 0.29) is 0 Å². The van der Waals surface area contributed by atoms with Gasteiger partial charge in [0.1, 0.15) is 17.5 Å². The zero-order valence-electron chi connectivity index (χ0n) is 73.9. The first-order chi connectivity index (χ1) is 59.1. The lowest BCUT2D eigenvalue weighted by molar-refractivity contribution is 0.264. The number of hydrogen-bond acceptors (Lipinski definition) is 26. The molecule has 14 aliphatic rings. The number of pyridine rings is 7. The first-order valence-electron chi connectivity index (χ1n) is 45.3. The highest BCUT2D eigenvalue weighted by molar-refractivity contribution is 6.31. The smallest absolute Gasteiger partial charge is 0.258 e. The summed E-state index contributed by atoms with van der Waals surface area (Å²) in [6, 6.07) is 3.56. The summed E-state index contributed by atoms with van der Waals surface area (Å²) in [7, 11) is 22.6. The van der Waals surface area contributed by atoms with Crippen molar-refractivity contribution in [1.82, 2.24) is 69.2 Å². The minimum atomic E-state index is 0.436. The minimum Gasteiger partial charge on any atom is -0.493 e. The van der Waals surface area contributed by atoms with E-state index in [1.54, 1.807) is 21.3 Å². The number of methoxy groups -OCH3 is 3. The minimum absolute atomic E-state index is 0.436. The fraction of sp³-hybridized carbons (Fsp3) is 0.624. The first-order valence-corrected chi connectivity index (χ1v) is 46.0. The fourth-order valence-electron chi connectivity index (χ4n) is 21.2. The normalized spacial score (nSPS) is 24.1. The Bertz CT molecular complexity index is 4380. The van der Waals surface area contributed by atoms with Gasteiger partial charge in [-0.25, -0.2) is 24.9 Å². The van der Waals surface area contributed by atoms with Crippen LogP contribution in [0.4, 0.5) is 34.1 Å². The molecule has 14 aliphatic heterocycles. The third-order valence-electron chi connectivity index (χ3n) is 27.5. The van der Waals surface area contributed by atoms with E-state index in [1.807, 2.05) is 49.6 Å². The first kappa shape index (κ1) is 87.8. The van der Waals surface area contributed by atoms with Crippen molar-refractivity contribution in [2.45, 2.75) is 196 Å². The summed E-state index contributed by atoms with van der Waals surface area (Å²) in [5.74, 6) is 4.78. The number of nitrogens with one attached hydrogen (secondary N) is 5. The average Bonchev–Trinajstić information content (AvgIpc) is 1.77. The maximum Gasteiger partial charge on any atom is 0.258 e. The van der Waals surface area contributed by atoms with E-state index in [0.29, 0.717) is 65.1 Å². The van der Waals surface area contributed by atoms with Gasteiger partial charge in [-0.3, -0.25) is 44.3 Å². The van der Waals surface area contributed by atoms with Gasteiger partial charge < -0.3 is 59.9 Å². The summed E-state index contributed by atoms with van der Waals surface area (Å²) in [4.78, 5) is 50.1. The van der Waals surface area contributed by atoms with E-state index < -0.39 is 0 Å². The Morgan fingerprint density at radius 2 is 0.702 bits per heavy atom. The molecule has 0 amide bonds. The standard InChI is InChI=1S/C15H23N3O.C14H21N3O.2C13H17ClN2O.C13H19N3O2.C13H19N3.C12H18N4/c1-17-8-5-7-13(17)12-10-16-15(19-3)11-6-4-9-18(2)14(11)12;1-17-8-4-6-12(17)11-9-16-14(18-2)10-5-3-7-15-13(10)11;1-16-6-2-5-11(16)10-8-15-13(14)9-4-3-7-17-12(9)10;1-16-6-2-5-11(16)10-8-15-13(14)12-9(10)4-3-7-17-12;1-16-6-3-4-10(16)9-8-15-13(17-2)12-11(9)14-5-7-18-12;1-16-7-3-5-13(16)11-8-14-9-12-10(11)4-2-6-15-12;1-16-6-2-3-11(16)9-7-13-8-10-12(9)15-5-4-14-10/h10,13H,4-9H2,1-3H3;9,12,15H,3-8H2,1-2H3;2*8,11H,2-7H2,1H3;8,10,14H,3-7H2,1-2H3;8-9,13,15H,2-7H2,1H3;7-8,11,14-15H,2-6H2,1H3/t13-;12-;2*11-;10-;13-;11-/m0000000/s1. The van der Waals surface area contributed by atoms with Gasteiger partial charge >= 0.3 is 0 Å². The molecule has 7 aromatic heterocycles. The maximum atomic E-state index is 6.15. The Labute approximate surface area is 729 Å². The van der Waals surface area contributed by atoms with Crippen molar-refractivity contribution in [3.63, 3.8) is 0 Å². The Morgan fingerprint density at radius 3 is 1.28 bits per heavy atom. The zero-order chi connectivity index (χ0) is 84.0. The Balaban J connectivity index is 0.000000110. The van der Waals surface area contributed by atoms with E-state index in [4.69, 9.17) is 51.6 Å². The molecule has 5 N–H and O–H groups in total. The van der Waals surface area contributed by atoms with Crippen LogP contribution in [0, 0.1) is 0 Å². The molecule has 0 unspecified atom stereocenters. The van der Waals surface area contributed by atoms with E-state index in [2.05, 4.69) is 163 Å². The number of likely N-dealkylation sites (tertiary alicyclic amines) is 7. The SMILES string of the molecule is CN1CCC[C@H]1c1cnc(Cl)c2c1CCCO2.CN1CCC[C@H]1c1cnc(Cl)c2c1OCCC2.CN1CCC[C@H]1c1cncc2c1CCCN2.CN1CCC[C@H]1c1cncc2c1NCCN2.COc1ncc([C@@H]2CCCN2C)c2c1CCCN2.COc1ncc([C@@H]2CCCN2C)c2c1CCCN2C.COc1ncc([C@@H]2CCCN2C)c2c1OCCN2. The van der Waals surface area contributed by atoms with Crippen LogP contribution in [0.15, 0.2) is 55.8 Å². The highest BCUT2D eigenvalue weighted by Crippen LogP contribution is 2.49. The fourth-order valence-corrected chi connectivity index (χ4v) is 21.6. The van der Waals surface area contributed by atoms with Gasteiger partial charge in [0, 0.05) is 188 Å². The Kier molecular flexibility index (Phi) is 30.2. The second-order valence-electron chi connectivity index (χ2n) is 35.2. The van der Waals surface area contributed by atoms with Gasteiger partial charge in [0.15, 0.2) is 10.9 Å². The number of anilines is 6. The van der Waals surface area contributed by atoms with E-state index in [9.17, 15) is 0 Å². The maximum absolute atomic E-state index is 6.15. The number of fused-ring (bicyclic) bond motifs is 7. The molecule has 7 fully saturated rings. The highest BCUT2D eigenvalue weighted by atomic mass is 35.5. The van der Waals surface area contributed by atoms with Gasteiger partial charge in [-0.15, -0.1) is 0 Å². The molecule has 26 nitrogen and oxygen atoms in total. The van der Waals surface area contributed by atoms with Gasteiger partial charge in [0.25, 0.3) is 5.88 Å². The van der Waals surface area contributed by atoms with Crippen LogP contribution in [0.2, 0.25) is 10.3 Å². The van der Waals surface area contributed by atoms with Crippen LogP contribution in [0.1, 0.15) is 231 Å². The second-order valence-corrected chi connectivity index (χ2v) is 35.9. The lowest BCUT2D eigenvalue weighted by atomic mass is 9.94. The van der Waals surface area contributed by atoms with Crippen molar-refractivity contribution < 1.29 is 28.4 Å². The van der Waals surface area contributed by atoms with Gasteiger partial charge in [-0.2, -0.15) is 0 Å². The van der Waals surface area contributed by atoms with Gasteiger partial charge in [-0.05, 0) is 266 Å². The molecule has 7 saturated heterocycles. The quantitative estimate of drug-likeness (QED) is 0.0801. The molecule has 7 atom stereocenters. The van der Waals surface area contributed by atoms with Crippen LogP contribution in [0.25, 0.3) is 0 Å². The molecule has 7 aromatic rings. The number of nitrogens with zero attached hydrogens (tertiary/aromatic N) is 15. The number of rotatable bonds is 10. The summed E-state index contributed by atoms with van der Waals surface area (Å²) in [5.41, 5.74) is 23.2. The lowest BCUT2D eigenvalue weighted by Crippen LogP contribution is -2.29. The van der Waals surface area contributed by atoms with Crippen molar-refractivity contribution in [3.05, 3.63) is 133 Å². The van der Waals surface area contributed by atoms with Crippen LogP contribution in [0.5, 0.6) is 34.9 Å². The summed E-state index contributed by atoms with van der Waals surface area (Å²) < 4.78 is 33.3. The molecule has 21 rings (SSSR count). The summed E-state index contributed by atoms with van der Waals surface area (Å²) in [5, 5.41) is 18.5. The topological polar surface area (TPSA) is 232 Å². The number of halogens is 2. The second kappa shape index (κ2) is 41.6. The average molecular weight is 1700 g/mol. The van der Waals surface area contributed by atoms with Crippen LogP contribution in [-0.4, -0.2) is 252 Å². The van der Waals surface area contributed by atoms with Crippen LogP contribution in [-0.2, 0) is 32.1 Å². The molecule has 0 aliphatic carbocycles. The van der Waals surface area contributed by atoms with E-state index >= 15 is 0 Å². The molecule has 656 valence electrons. The largest absolute Gasteiger partial charge is 0.493 e. The molecule has 121 heavy (non-hydrogen) atoms. The molecule has 0 radical (unpaired) electrons. The summed E-state index contributed by atoms with van der Waals surface area (Å²) in [6.07, 6.45) is 46.5. The molecule has 21 heterocycles. The van der Waals surface area contributed by atoms with Crippen molar-refractivity contribution in [2.24, 2.45) is 0 Å². The third kappa shape index (κ3) is 19.9. The highest BCUT2D eigenvalue weighted by Gasteiger charge is 2.37. The van der Waals surface area contributed by atoms with Crippen molar-refractivity contribution in [3.8, 4) is 34.9 Å². The van der Waals surface area contributed by atoms with Gasteiger partial charge in [0.05, 0.1) is 75.4 Å². The van der Waals surface area contributed by atoms with Crippen molar-refractivity contribution in [2.75, 3.05) is 214 Å². The lowest BCUT2D eigenvalue weighted by Gasteiger charge is -2.33. The Hall–Kier alpha value is -8.05. The van der Waals surface area contributed by atoms with E-state index in [0.717, 1.165) is 156 Å². The van der Waals surface area contributed by atoms with Crippen molar-refractivity contribution >= 4 is 57.3 Å². The van der Waals surface area contributed by atoms with Crippen molar-refractivity contribution in [1.29, 1.82) is 0 Å². The zero-order valence-corrected chi connectivity index (χ0v) is 75.4. The molecule has 0 bridgehead atoms. The molecule has 0 aromatic carbocycles. The molecule has 0 spiro atoms. The van der Waals surface area contributed by atoms with Gasteiger partial charge in [-0.1, -0.05) is 23.2 Å². The monoisotopic (exact) mass is 1700 g/mol. The molecule has 28 heteroatoms. The van der Waals surface area contributed by atoms with Crippen LogP contribution >= 0.6 is 23.2 Å². The molecular formula is C93H134Cl2N20O6. The number of aromatic nitrogens is 7. The van der Waals surface area contributed by atoms with E-state index in [1.165, 1.54) is 226 Å². The predicted molar refractivity (Wildman–Crippen MR) is 485 cm³/mol. The Morgan fingerprint density at radius 1 is 0.306 bits per heavy atom. The number of hydrogen-bond donors (Lipinski definition) is 5. The molecule has 0 saturated carbocycles. The van der Waals surface area contributed by atoms with Crippen LogP contribution in [0.3, 0.4) is 0 Å². The van der Waals surface area contributed by atoms with Crippen LogP contribution < -0.4 is 59.9 Å². The number of ether oxygens (including phenoxy) is 6. The predicted octanol–water partition coefficient (Wildman–Crippen LogP) is 15.7.